The summed E-state index contributed by atoms with van der Waals surface area (Å²) < 4.78 is 49.3. The van der Waals surface area contributed by atoms with E-state index in [2.05, 4.69) is 15.9 Å². The molecule has 0 spiro atoms. The lowest BCUT2D eigenvalue weighted by Crippen LogP contribution is -2.15. The summed E-state index contributed by atoms with van der Waals surface area (Å²) in [7, 11) is 1.50. The van der Waals surface area contributed by atoms with Crippen LogP contribution in [-0.2, 0) is 10.9 Å². The molecule has 0 unspecified atom stereocenters. The van der Waals surface area contributed by atoms with Crippen LogP contribution in [0.3, 0.4) is 0 Å². The van der Waals surface area contributed by atoms with Crippen molar-refractivity contribution < 1.29 is 32.2 Å². The molecule has 0 aliphatic heterocycles. The number of benzene rings is 3. The molecule has 0 atom stereocenters. The number of ether oxygens (including phenoxy) is 2. The maximum atomic E-state index is 12.8. The first-order valence-corrected chi connectivity index (χ1v) is 9.80. The summed E-state index contributed by atoms with van der Waals surface area (Å²) in [6.07, 6.45) is -4.45. The quantitative estimate of drug-likeness (QED) is 0.304. The molecule has 3 aromatic rings. The Morgan fingerprint density at radius 1 is 0.968 bits per heavy atom. The first kappa shape index (κ1) is 22.6. The molecule has 0 fully saturated rings. The smallest absolute Gasteiger partial charge is 0.416 e. The highest BCUT2D eigenvalue weighted by atomic mass is 79.9. The van der Waals surface area contributed by atoms with Gasteiger partial charge < -0.3 is 9.47 Å². The lowest BCUT2D eigenvalue weighted by molar-refractivity contribution is -0.137. The SMILES string of the molecule is COc1ccc(C(=O)COC(=O)c2ccccc2-c2ccc(C(F)(F)F)cc2)cc1Br. The van der Waals surface area contributed by atoms with Crippen LogP contribution in [0, 0.1) is 0 Å². The Bertz CT molecular complexity index is 1110. The molecule has 0 amide bonds. The van der Waals surface area contributed by atoms with Gasteiger partial charge in [0.05, 0.1) is 22.7 Å². The van der Waals surface area contributed by atoms with E-state index in [9.17, 15) is 22.8 Å². The zero-order valence-corrected chi connectivity index (χ0v) is 17.8. The van der Waals surface area contributed by atoms with E-state index in [0.717, 1.165) is 12.1 Å². The number of ketones is 1. The van der Waals surface area contributed by atoms with Gasteiger partial charge in [0, 0.05) is 5.56 Å². The minimum absolute atomic E-state index is 0.144. The van der Waals surface area contributed by atoms with Crippen LogP contribution >= 0.6 is 15.9 Å². The fourth-order valence-electron chi connectivity index (χ4n) is 2.88. The highest BCUT2D eigenvalue weighted by Crippen LogP contribution is 2.32. The van der Waals surface area contributed by atoms with Gasteiger partial charge in [-0.1, -0.05) is 30.3 Å². The molecule has 0 aliphatic carbocycles. The van der Waals surface area contributed by atoms with Gasteiger partial charge in [-0.25, -0.2) is 4.79 Å². The van der Waals surface area contributed by atoms with Gasteiger partial charge in [0.15, 0.2) is 12.4 Å². The molecule has 0 aromatic heterocycles. The zero-order valence-electron chi connectivity index (χ0n) is 16.2. The molecule has 4 nitrogen and oxygen atoms in total. The second kappa shape index (κ2) is 9.34. The van der Waals surface area contributed by atoms with Gasteiger partial charge in [0.25, 0.3) is 0 Å². The van der Waals surface area contributed by atoms with Gasteiger partial charge in [-0.2, -0.15) is 13.2 Å². The van der Waals surface area contributed by atoms with Crippen molar-refractivity contribution in [1.29, 1.82) is 0 Å². The number of carbonyl (C=O) groups is 2. The van der Waals surface area contributed by atoms with Gasteiger partial charge in [0.1, 0.15) is 5.75 Å². The largest absolute Gasteiger partial charge is 0.496 e. The highest BCUT2D eigenvalue weighted by molar-refractivity contribution is 9.10. The summed E-state index contributed by atoms with van der Waals surface area (Å²) in [6.45, 7) is -0.487. The summed E-state index contributed by atoms with van der Waals surface area (Å²) in [6, 6.07) is 15.5. The number of esters is 1. The van der Waals surface area contributed by atoms with Crippen LogP contribution in [0.2, 0.25) is 0 Å². The van der Waals surface area contributed by atoms with Crippen molar-refractivity contribution in [3.8, 4) is 16.9 Å². The van der Waals surface area contributed by atoms with Gasteiger partial charge in [0.2, 0.25) is 0 Å². The highest BCUT2D eigenvalue weighted by Gasteiger charge is 2.30. The number of Topliss-reactive ketones (excluding diaryl/α,β-unsaturated/α-hetero) is 1. The van der Waals surface area contributed by atoms with Crippen molar-refractivity contribution in [2.75, 3.05) is 13.7 Å². The van der Waals surface area contributed by atoms with E-state index >= 15 is 0 Å². The molecule has 3 aromatic carbocycles. The number of methoxy groups -OCH3 is 1. The van der Waals surface area contributed by atoms with E-state index < -0.39 is 30.1 Å². The summed E-state index contributed by atoms with van der Waals surface area (Å²) in [5.74, 6) is -0.612. The predicted molar refractivity (Wildman–Crippen MR) is 112 cm³/mol. The summed E-state index contributed by atoms with van der Waals surface area (Å²) in [5.41, 5.74) is 0.516. The van der Waals surface area contributed by atoms with E-state index in [1.54, 1.807) is 36.4 Å². The van der Waals surface area contributed by atoms with Crippen LogP contribution < -0.4 is 4.74 Å². The van der Waals surface area contributed by atoms with Gasteiger partial charge in [-0.3, -0.25) is 4.79 Å². The van der Waals surface area contributed by atoms with Gasteiger partial charge in [-0.15, -0.1) is 0 Å². The van der Waals surface area contributed by atoms with Crippen molar-refractivity contribution in [3.63, 3.8) is 0 Å². The molecular weight excluding hydrogens is 477 g/mol. The Morgan fingerprint density at radius 3 is 2.26 bits per heavy atom. The fourth-order valence-corrected chi connectivity index (χ4v) is 3.42. The third kappa shape index (κ3) is 5.32. The molecule has 0 bridgehead atoms. The summed E-state index contributed by atoms with van der Waals surface area (Å²) >= 11 is 3.29. The second-order valence-corrected chi connectivity index (χ2v) is 7.32. The van der Waals surface area contributed by atoms with Crippen molar-refractivity contribution in [2.24, 2.45) is 0 Å². The number of rotatable bonds is 6. The molecular formula is C23H16BrF3O4. The van der Waals surface area contributed by atoms with Crippen molar-refractivity contribution >= 4 is 27.7 Å². The first-order valence-electron chi connectivity index (χ1n) is 9.01. The van der Waals surface area contributed by atoms with Crippen LogP contribution in [0.1, 0.15) is 26.3 Å². The Morgan fingerprint density at radius 2 is 1.65 bits per heavy atom. The average molecular weight is 493 g/mol. The molecule has 0 heterocycles. The van der Waals surface area contributed by atoms with Crippen molar-refractivity contribution in [1.82, 2.24) is 0 Å². The molecule has 3 rings (SSSR count). The third-order valence-corrected chi connectivity index (χ3v) is 5.10. The van der Waals surface area contributed by atoms with E-state index in [1.807, 2.05) is 0 Å². The van der Waals surface area contributed by atoms with Gasteiger partial charge in [-0.05, 0) is 63.5 Å². The van der Waals surface area contributed by atoms with Crippen LogP contribution in [0.15, 0.2) is 71.2 Å². The first-order chi connectivity index (χ1) is 14.7. The Balaban J connectivity index is 1.76. The lowest BCUT2D eigenvalue weighted by Gasteiger charge is -2.11. The van der Waals surface area contributed by atoms with E-state index in [0.29, 0.717) is 26.9 Å². The standard InChI is InChI=1S/C23H16BrF3O4/c1-30-21-11-8-15(12-19(21)24)20(28)13-31-22(29)18-5-3-2-4-17(18)14-6-9-16(10-7-14)23(25,26)27/h2-12H,13H2,1H3. The molecule has 160 valence electrons. The number of halogens is 4. The van der Waals surface area contributed by atoms with E-state index in [-0.39, 0.29) is 5.56 Å². The Hall–Kier alpha value is -3.13. The van der Waals surface area contributed by atoms with Crippen LogP contribution in [0.5, 0.6) is 5.75 Å². The lowest BCUT2D eigenvalue weighted by atomic mass is 9.98. The topological polar surface area (TPSA) is 52.6 Å². The molecule has 0 radical (unpaired) electrons. The third-order valence-electron chi connectivity index (χ3n) is 4.48. The average Bonchev–Trinajstić information content (AvgIpc) is 2.76. The molecule has 8 heteroatoms. The summed E-state index contributed by atoms with van der Waals surface area (Å²) in [4.78, 5) is 25.0. The Kier molecular flexibility index (Phi) is 6.80. The second-order valence-electron chi connectivity index (χ2n) is 6.47. The zero-order chi connectivity index (χ0) is 22.6. The normalized spacial score (nSPS) is 11.1. The number of alkyl halides is 3. The van der Waals surface area contributed by atoms with Crippen molar-refractivity contribution in [2.45, 2.75) is 6.18 Å². The summed E-state index contributed by atoms with van der Waals surface area (Å²) in [5, 5.41) is 0. The molecule has 0 saturated carbocycles. The Labute approximate surface area is 184 Å². The number of hydrogen-bond acceptors (Lipinski definition) is 4. The van der Waals surface area contributed by atoms with Crippen molar-refractivity contribution in [3.05, 3.63) is 87.9 Å². The van der Waals surface area contributed by atoms with Crippen LogP contribution in [0.4, 0.5) is 13.2 Å². The minimum atomic E-state index is -4.45. The predicted octanol–water partition coefficient (Wildman–Crippen LogP) is 6.18. The number of carbonyl (C=O) groups excluding carboxylic acids is 2. The maximum Gasteiger partial charge on any atom is 0.416 e. The maximum absolute atomic E-state index is 12.8. The van der Waals surface area contributed by atoms with Gasteiger partial charge >= 0.3 is 12.1 Å². The van der Waals surface area contributed by atoms with E-state index in [1.165, 1.54) is 25.3 Å². The van der Waals surface area contributed by atoms with Crippen LogP contribution in [0.25, 0.3) is 11.1 Å². The fraction of sp³-hybridized carbons (Fsp3) is 0.130. The molecule has 31 heavy (non-hydrogen) atoms. The molecule has 0 N–H and O–H groups in total. The van der Waals surface area contributed by atoms with Crippen LogP contribution in [-0.4, -0.2) is 25.5 Å². The van der Waals surface area contributed by atoms with E-state index in [4.69, 9.17) is 9.47 Å². The number of hydrogen-bond donors (Lipinski definition) is 0. The minimum Gasteiger partial charge on any atom is -0.496 e. The monoisotopic (exact) mass is 492 g/mol. The molecule has 0 saturated heterocycles. The molecule has 0 aliphatic rings.